The van der Waals surface area contributed by atoms with Crippen molar-refractivity contribution in [3.63, 3.8) is 0 Å². The summed E-state index contributed by atoms with van der Waals surface area (Å²) in [5, 5.41) is 9.14. The van der Waals surface area contributed by atoms with Gasteiger partial charge in [-0.05, 0) is 18.6 Å². The standard InChI is InChI=1S/C19H31NO2/c1-3-4-5-6-7-8-12-15-20(16-17(2)19(21)22)18-13-10-9-11-14-18/h9-11,13-14,17H,3-8,12,15-16H2,1-2H3,(H,21,22). The molecule has 0 aromatic heterocycles. The van der Waals surface area contributed by atoms with Gasteiger partial charge in [-0.1, -0.05) is 70.6 Å². The molecule has 0 amide bonds. The van der Waals surface area contributed by atoms with Crippen LogP contribution in [0.4, 0.5) is 5.69 Å². The molecule has 1 atom stereocenters. The largest absolute Gasteiger partial charge is 0.481 e. The van der Waals surface area contributed by atoms with Gasteiger partial charge in [-0.3, -0.25) is 4.79 Å². The molecule has 3 nitrogen and oxygen atoms in total. The molecule has 1 aromatic carbocycles. The van der Waals surface area contributed by atoms with Gasteiger partial charge in [0.2, 0.25) is 0 Å². The monoisotopic (exact) mass is 305 g/mol. The molecule has 3 heteroatoms. The number of carboxylic acids is 1. The molecule has 1 N–H and O–H groups in total. The van der Waals surface area contributed by atoms with Crippen molar-refractivity contribution >= 4 is 11.7 Å². The third kappa shape index (κ3) is 7.48. The quantitative estimate of drug-likeness (QED) is 0.555. The van der Waals surface area contributed by atoms with E-state index in [0.717, 1.165) is 18.7 Å². The van der Waals surface area contributed by atoms with E-state index in [1.165, 1.54) is 38.5 Å². The van der Waals surface area contributed by atoms with Gasteiger partial charge in [-0.25, -0.2) is 0 Å². The van der Waals surface area contributed by atoms with Crippen LogP contribution in [0.1, 0.15) is 58.8 Å². The van der Waals surface area contributed by atoms with Crippen LogP contribution in [0.25, 0.3) is 0 Å². The Morgan fingerprint density at radius 1 is 1.05 bits per heavy atom. The fourth-order valence-electron chi connectivity index (χ4n) is 2.63. The van der Waals surface area contributed by atoms with Crippen LogP contribution in [-0.4, -0.2) is 24.2 Å². The summed E-state index contributed by atoms with van der Waals surface area (Å²) in [7, 11) is 0. The number of hydrogen-bond acceptors (Lipinski definition) is 2. The number of anilines is 1. The van der Waals surface area contributed by atoms with E-state index < -0.39 is 5.97 Å². The van der Waals surface area contributed by atoms with Crippen LogP contribution >= 0.6 is 0 Å². The summed E-state index contributed by atoms with van der Waals surface area (Å²) in [4.78, 5) is 13.3. The highest BCUT2D eigenvalue weighted by molar-refractivity contribution is 5.70. The number of rotatable bonds is 12. The van der Waals surface area contributed by atoms with Gasteiger partial charge in [0.25, 0.3) is 0 Å². The molecule has 0 heterocycles. The highest BCUT2D eigenvalue weighted by atomic mass is 16.4. The molecule has 0 saturated heterocycles. The van der Waals surface area contributed by atoms with Crippen molar-refractivity contribution in [2.24, 2.45) is 5.92 Å². The fourth-order valence-corrected chi connectivity index (χ4v) is 2.63. The SMILES string of the molecule is CCCCCCCCCN(CC(C)C(=O)O)c1ccccc1. The summed E-state index contributed by atoms with van der Waals surface area (Å²) in [5.41, 5.74) is 1.13. The first kappa shape index (κ1) is 18.5. The van der Waals surface area contributed by atoms with E-state index in [9.17, 15) is 4.79 Å². The Morgan fingerprint density at radius 2 is 1.64 bits per heavy atom. The van der Waals surface area contributed by atoms with Crippen molar-refractivity contribution in [1.82, 2.24) is 0 Å². The van der Waals surface area contributed by atoms with Crippen LogP contribution in [0.2, 0.25) is 0 Å². The molecular weight excluding hydrogens is 274 g/mol. The van der Waals surface area contributed by atoms with Crippen molar-refractivity contribution in [2.75, 3.05) is 18.0 Å². The zero-order valence-electron chi connectivity index (χ0n) is 14.1. The minimum Gasteiger partial charge on any atom is -0.481 e. The van der Waals surface area contributed by atoms with Crippen LogP contribution in [0.15, 0.2) is 30.3 Å². The van der Waals surface area contributed by atoms with Gasteiger partial charge in [0.15, 0.2) is 0 Å². The number of carboxylic acid groups (broad SMARTS) is 1. The number of para-hydroxylation sites is 1. The second-order valence-corrected chi connectivity index (χ2v) is 6.14. The van der Waals surface area contributed by atoms with Gasteiger partial charge in [0.05, 0.1) is 5.92 Å². The topological polar surface area (TPSA) is 40.5 Å². The number of unbranched alkanes of at least 4 members (excludes halogenated alkanes) is 6. The third-order valence-electron chi connectivity index (χ3n) is 4.07. The zero-order valence-corrected chi connectivity index (χ0v) is 14.1. The molecule has 0 bridgehead atoms. The van der Waals surface area contributed by atoms with E-state index >= 15 is 0 Å². The predicted octanol–water partition coefficient (Wildman–Crippen LogP) is 4.96. The van der Waals surface area contributed by atoms with Crippen molar-refractivity contribution in [1.29, 1.82) is 0 Å². The first-order chi connectivity index (χ1) is 10.6. The smallest absolute Gasteiger partial charge is 0.308 e. The maximum atomic E-state index is 11.1. The summed E-state index contributed by atoms with van der Waals surface area (Å²) >= 11 is 0. The lowest BCUT2D eigenvalue weighted by Crippen LogP contribution is -2.32. The van der Waals surface area contributed by atoms with Gasteiger partial charge >= 0.3 is 5.97 Å². The first-order valence-electron chi connectivity index (χ1n) is 8.68. The number of aliphatic carboxylic acids is 1. The summed E-state index contributed by atoms with van der Waals surface area (Å²) in [6.45, 7) is 5.54. The van der Waals surface area contributed by atoms with Crippen molar-refractivity contribution < 1.29 is 9.90 Å². The predicted molar refractivity (Wildman–Crippen MR) is 93.4 cm³/mol. The van der Waals surface area contributed by atoms with Crippen LogP contribution in [0.5, 0.6) is 0 Å². The number of nitrogens with zero attached hydrogens (tertiary/aromatic N) is 1. The number of benzene rings is 1. The number of hydrogen-bond donors (Lipinski definition) is 1. The molecule has 0 aliphatic rings. The molecule has 0 fully saturated rings. The lowest BCUT2D eigenvalue weighted by atomic mass is 10.1. The van der Waals surface area contributed by atoms with E-state index in [4.69, 9.17) is 5.11 Å². The molecular formula is C19H31NO2. The maximum absolute atomic E-state index is 11.1. The molecule has 0 saturated carbocycles. The average Bonchev–Trinajstić information content (AvgIpc) is 2.53. The molecule has 1 rings (SSSR count). The van der Waals surface area contributed by atoms with E-state index in [1.54, 1.807) is 6.92 Å². The Bertz CT molecular complexity index is 405. The van der Waals surface area contributed by atoms with Gasteiger partial charge < -0.3 is 10.0 Å². The summed E-state index contributed by atoms with van der Waals surface area (Å²) in [5.74, 6) is -1.06. The van der Waals surface area contributed by atoms with E-state index in [2.05, 4.69) is 24.0 Å². The Kier molecular flexibility index (Phi) is 9.36. The first-order valence-corrected chi connectivity index (χ1v) is 8.68. The van der Waals surface area contributed by atoms with Crippen LogP contribution < -0.4 is 4.90 Å². The molecule has 1 aromatic rings. The third-order valence-corrected chi connectivity index (χ3v) is 4.07. The van der Waals surface area contributed by atoms with Crippen LogP contribution in [-0.2, 0) is 4.79 Å². The van der Waals surface area contributed by atoms with Gasteiger partial charge in [-0.15, -0.1) is 0 Å². The highest BCUT2D eigenvalue weighted by Gasteiger charge is 2.16. The molecule has 0 radical (unpaired) electrons. The molecule has 22 heavy (non-hydrogen) atoms. The van der Waals surface area contributed by atoms with E-state index in [1.807, 2.05) is 18.2 Å². The molecule has 1 unspecified atom stereocenters. The lowest BCUT2D eigenvalue weighted by Gasteiger charge is -2.26. The Labute approximate surface area is 135 Å². The minimum atomic E-state index is -0.722. The Hall–Kier alpha value is -1.51. The average molecular weight is 305 g/mol. The van der Waals surface area contributed by atoms with Gasteiger partial charge in [0.1, 0.15) is 0 Å². The van der Waals surface area contributed by atoms with Gasteiger partial charge in [-0.2, -0.15) is 0 Å². The van der Waals surface area contributed by atoms with Crippen LogP contribution in [0, 0.1) is 5.92 Å². The van der Waals surface area contributed by atoms with Gasteiger partial charge in [0, 0.05) is 18.8 Å². The van der Waals surface area contributed by atoms with Crippen LogP contribution in [0.3, 0.4) is 0 Å². The van der Waals surface area contributed by atoms with E-state index in [0.29, 0.717) is 6.54 Å². The van der Waals surface area contributed by atoms with Crippen molar-refractivity contribution in [3.8, 4) is 0 Å². The number of carbonyl (C=O) groups is 1. The highest BCUT2D eigenvalue weighted by Crippen LogP contribution is 2.17. The normalized spacial score (nSPS) is 12.1. The molecule has 0 aliphatic carbocycles. The maximum Gasteiger partial charge on any atom is 0.308 e. The second kappa shape index (κ2) is 11.1. The second-order valence-electron chi connectivity index (χ2n) is 6.14. The Balaban J connectivity index is 2.40. The Morgan fingerprint density at radius 3 is 2.23 bits per heavy atom. The van der Waals surface area contributed by atoms with E-state index in [-0.39, 0.29) is 5.92 Å². The zero-order chi connectivity index (χ0) is 16.2. The van der Waals surface area contributed by atoms with Crippen molar-refractivity contribution in [2.45, 2.75) is 58.8 Å². The summed E-state index contributed by atoms with van der Waals surface area (Å²) in [6, 6.07) is 10.2. The lowest BCUT2D eigenvalue weighted by molar-refractivity contribution is -0.140. The minimum absolute atomic E-state index is 0.343. The van der Waals surface area contributed by atoms with Crippen molar-refractivity contribution in [3.05, 3.63) is 30.3 Å². The molecule has 0 aliphatic heterocycles. The summed E-state index contributed by atoms with van der Waals surface area (Å²) < 4.78 is 0. The molecule has 124 valence electrons. The fraction of sp³-hybridized carbons (Fsp3) is 0.632. The molecule has 0 spiro atoms. The summed E-state index contributed by atoms with van der Waals surface area (Å²) in [6.07, 6.45) is 8.94.